The second kappa shape index (κ2) is 11.7. The third-order valence-corrected chi connectivity index (χ3v) is 3.13. The number of carbonyl (C=O) groups is 3. The number of hydrogen-bond acceptors (Lipinski definition) is 7. The van der Waals surface area contributed by atoms with Crippen LogP contribution in [0.5, 0.6) is 0 Å². The van der Waals surface area contributed by atoms with E-state index in [2.05, 4.69) is 5.32 Å². The Bertz CT molecular complexity index is 636. The molecule has 0 heterocycles. The van der Waals surface area contributed by atoms with Crippen molar-refractivity contribution in [3.05, 3.63) is 41.6 Å². The van der Waals surface area contributed by atoms with Gasteiger partial charge in [-0.15, -0.1) is 0 Å². The third-order valence-electron chi connectivity index (χ3n) is 3.13. The number of rotatable bonds is 10. The molecule has 7 heteroatoms. The van der Waals surface area contributed by atoms with E-state index in [0.717, 1.165) is 5.56 Å². The summed E-state index contributed by atoms with van der Waals surface area (Å²) in [5, 5.41) is 3.01. The Hall–Kier alpha value is -2.83. The molecule has 7 nitrogen and oxygen atoms in total. The van der Waals surface area contributed by atoms with Gasteiger partial charge in [-0.05, 0) is 38.5 Å². The molecule has 0 atom stereocenters. The van der Waals surface area contributed by atoms with Gasteiger partial charge in [-0.2, -0.15) is 0 Å². The average molecular weight is 363 g/mol. The van der Waals surface area contributed by atoms with Gasteiger partial charge in [0.15, 0.2) is 0 Å². The Morgan fingerprint density at radius 1 is 0.885 bits per heavy atom. The number of nitrogens with one attached hydrogen (secondary N) is 1. The highest BCUT2D eigenvalue weighted by molar-refractivity contribution is 5.85. The lowest BCUT2D eigenvalue weighted by molar-refractivity contribution is -0.143. The van der Waals surface area contributed by atoms with E-state index in [1.807, 2.05) is 0 Å². The van der Waals surface area contributed by atoms with Gasteiger partial charge in [-0.1, -0.05) is 12.1 Å². The molecular weight excluding hydrogens is 338 g/mol. The highest BCUT2D eigenvalue weighted by Gasteiger charge is 2.11. The molecule has 26 heavy (non-hydrogen) atoms. The van der Waals surface area contributed by atoms with Gasteiger partial charge in [0.2, 0.25) is 0 Å². The fourth-order valence-corrected chi connectivity index (χ4v) is 2.10. The fraction of sp³-hybridized carbons (Fsp3) is 0.421. The third kappa shape index (κ3) is 8.32. The highest BCUT2D eigenvalue weighted by Crippen LogP contribution is 2.15. The van der Waals surface area contributed by atoms with Crippen LogP contribution in [0.2, 0.25) is 0 Å². The van der Waals surface area contributed by atoms with E-state index in [4.69, 9.17) is 14.2 Å². The number of carbonyl (C=O) groups excluding carboxylic acids is 3. The molecule has 1 aromatic rings. The van der Waals surface area contributed by atoms with E-state index in [9.17, 15) is 14.4 Å². The molecule has 0 spiro atoms. The van der Waals surface area contributed by atoms with Gasteiger partial charge in [0.25, 0.3) is 0 Å². The quantitative estimate of drug-likeness (QED) is 0.388. The molecule has 0 amide bonds. The Balaban J connectivity index is 2.81. The molecule has 0 aliphatic rings. The zero-order chi connectivity index (χ0) is 19.4. The van der Waals surface area contributed by atoms with Crippen molar-refractivity contribution >= 4 is 23.6 Å². The molecule has 0 bridgehead atoms. The van der Waals surface area contributed by atoms with Crippen molar-refractivity contribution in [2.45, 2.75) is 33.6 Å². The van der Waals surface area contributed by atoms with Gasteiger partial charge in [0.1, 0.15) is 0 Å². The molecular formula is C19H25NO6. The molecule has 0 aromatic heterocycles. The van der Waals surface area contributed by atoms with Crippen LogP contribution in [0.25, 0.3) is 0 Å². The van der Waals surface area contributed by atoms with Gasteiger partial charge in [-0.25, -0.2) is 4.79 Å². The Labute approximate surface area is 153 Å². The number of anilines is 1. The second-order valence-electron chi connectivity index (χ2n) is 5.21. The fourth-order valence-electron chi connectivity index (χ4n) is 2.10. The average Bonchev–Trinajstić information content (AvgIpc) is 2.57. The van der Waals surface area contributed by atoms with Gasteiger partial charge < -0.3 is 19.5 Å². The Morgan fingerprint density at radius 2 is 1.46 bits per heavy atom. The van der Waals surface area contributed by atoms with Gasteiger partial charge in [0.05, 0.1) is 32.7 Å². The van der Waals surface area contributed by atoms with E-state index in [0.29, 0.717) is 18.0 Å². The Kier molecular flexibility index (Phi) is 9.53. The maximum atomic E-state index is 11.7. The lowest BCUT2D eigenvalue weighted by atomic mass is 10.1. The molecule has 0 unspecified atom stereocenters. The van der Waals surface area contributed by atoms with Crippen molar-refractivity contribution in [1.29, 1.82) is 0 Å². The number of esters is 3. The molecule has 0 fully saturated rings. The molecule has 0 saturated heterocycles. The van der Waals surface area contributed by atoms with Gasteiger partial charge in [0, 0.05) is 17.5 Å². The largest absolute Gasteiger partial charge is 0.466 e. The summed E-state index contributed by atoms with van der Waals surface area (Å²) >= 11 is 0. The van der Waals surface area contributed by atoms with Crippen LogP contribution in [-0.4, -0.2) is 37.7 Å². The smallest absolute Gasteiger partial charge is 0.332 e. The number of benzene rings is 1. The van der Waals surface area contributed by atoms with Gasteiger partial charge in [-0.3, -0.25) is 9.59 Å². The molecule has 142 valence electrons. The van der Waals surface area contributed by atoms with Crippen LogP contribution in [0.4, 0.5) is 5.69 Å². The van der Waals surface area contributed by atoms with E-state index in [1.165, 1.54) is 6.08 Å². The van der Waals surface area contributed by atoms with Crippen molar-refractivity contribution in [1.82, 2.24) is 0 Å². The topological polar surface area (TPSA) is 90.9 Å². The standard InChI is InChI=1S/C19H25NO6/c1-4-24-17(21)11-14-7-9-15(10-8-14)20-16(12-18(22)25-5-2)13-19(23)26-6-3/h7-10,12,20H,4-6,11,13H2,1-3H3. The van der Waals surface area contributed by atoms with Crippen LogP contribution in [0.15, 0.2) is 36.0 Å². The molecule has 1 aromatic carbocycles. The molecule has 0 radical (unpaired) electrons. The number of hydrogen-bond donors (Lipinski definition) is 1. The summed E-state index contributed by atoms with van der Waals surface area (Å²) in [6, 6.07) is 7.04. The zero-order valence-corrected chi connectivity index (χ0v) is 15.4. The van der Waals surface area contributed by atoms with Crippen molar-refractivity contribution < 1.29 is 28.6 Å². The summed E-state index contributed by atoms with van der Waals surface area (Å²) in [4.78, 5) is 34.9. The van der Waals surface area contributed by atoms with Crippen molar-refractivity contribution in [2.24, 2.45) is 0 Å². The molecule has 1 rings (SSSR count). The molecule has 0 aliphatic heterocycles. The summed E-state index contributed by atoms with van der Waals surface area (Å²) in [7, 11) is 0. The first-order valence-electron chi connectivity index (χ1n) is 8.53. The number of ether oxygens (including phenoxy) is 3. The van der Waals surface area contributed by atoms with Crippen LogP contribution in [0.1, 0.15) is 32.8 Å². The van der Waals surface area contributed by atoms with Crippen LogP contribution in [0, 0.1) is 0 Å². The lowest BCUT2D eigenvalue weighted by Crippen LogP contribution is -2.12. The van der Waals surface area contributed by atoms with Gasteiger partial charge >= 0.3 is 17.9 Å². The first kappa shape index (κ1) is 21.2. The minimum atomic E-state index is -0.543. The summed E-state index contributed by atoms with van der Waals surface area (Å²) < 4.78 is 14.7. The molecule has 1 N–H and O–H groups in total. The summed E-state index contributed by atoms with van der Waals surface area (Å²) in [5.41, 5.74) is 1.83. The SMILES string of the molecule is CCOC(=O)C=C(CC(=O)OCC)Nc1ccc(CC(=O)OCC)cc1. The minimum Gasteiger partial charge on any atom is -0.466 e. The van der Waals surface area contributed by atoms with Crippen LogP contribution in [0.3, 0.4) is 0 Å². The van der Waals surface area contributed by atoms with Crippen molar-refractivity contribution in [2.75, 3.05) is 25.1 Å². The normalized spacial score (nSPS) is 10.8. The molecule has 0 saturated carbocycles. The first-order valence-corrected chi connectivity index (χ1v) is 8.53. The predicted octanol–water partition coefficient (Wildman–Crippen LogP) is 2.60. The van der Waals surface area contributed by atoms with Crippen molar-refractivity contribution in [3.63, 3.8) is 0 Å². The summed E-state index contributed by atoms with van der Waals surface area (Å²) in [6.07, 6.45) is 1.33. The highest BCUT2D eigenvalue weighted by atomic mass is 16.5. The van der Waals surface area contributed by atoms with E-state index < -0.39 is 11.9 Å². The maximum absolute atomic E-state index is 11.7. The summed E-state index contributed by atoms with van der Waals surface area (Å²) in [5.74, 6) is -1.29. The zero-order valence-electron chi connectivity index (χ0n) is 15.4. The van der Waals surface area contributed by atoms with E-state index in [-0.39, 0.29) is 32.0 Å². The Morgan fingerprint density at radius 3 is 2.04 bits per heavy atom. The van der Waals surface area contributed by atoms with Crippen molar-refractivity contribution in [3.8, 4) is 0 Å². The van der Waals surface area contributed by atoms with Crippen LogP contribution >= 0.6 is 0 Å². The predicted molar refractivity (Wildman–Crippen MR) is 96.4 cm³/mol. The maximum Gasteiger partial charge on any atom is 0.332 e. The first-order chi connectivity index (χ1) is 12.5. The van der Waals surface area contributed by atoms with E-state index >= 15 is 0 Å². The monoisotopic (exact) mass is 363 g/mol. The second-order valence-corrected chi connectivity index (χ2v) is 5.21. The lowest BCUT2D eigenvalue weighted by Gasteiger charge is -2.11. The van der Waals surface area contributed by atoms with Crippen LogP contribution in [-0.2, 0) is 35.0 Å². The molecule has 0 aliphatic carbocycles. The van der Waals surface area contributed by atoms with E-state index in [1.54, 1.807) is 45.0 Å². The summed E-state index contributed by atoms with van der Waals surface area (Å²) in [6.45, 7) is 6.01. The van der Waals surface area contributed by atoms with Crippen LogP contribution < -0.4 is 5.32 Å². The minimum absolute atomic E-state index is 0.0861.